The van der Waals surface area contributed by atoms with E-state index in [0.717, 1.165) is 50.2 Å². The van der Waals surface area contributed by atoms with Gasteiger partial charge < -0.3 is 29.9 Å². The van der Waals surface area contributed by atoms with Crippen molar-refractivity contribution in [3.05, 3.63) is 58.1 Å². The average Bonchev–Trinajstić information content (AvgIpc) is 2.95. The van der Waals surface area contributed by atoms with Crippen LogP contribution in [0.3, 0.4) is 0 Å². The van der Waals surface area contributed by atoms with Crippen molar-refractivity contribution in [3.8, 4) is 0 Å². The lowest BCUT2D eigenvalue weighted by atomic mass is 10.1. The first kappa shape index (κ1) is 30.2. The number of carbonyl (C=O) groups excluding carboxylic acids is 1. The Morgan fingerprint density at radius 3 is 2.79 bits per heavy atom. The summed E-state index contributed by atoms with van der Waals surface area (Å²) in [5.74, 6) is -0.760. The summed E-state index contributed by atoms with van der Waals surface area (Å²) in [5.41, 5.74) is 1.92. The third kappa shape index (κ3) is 9.14. The second kappa shape index (κ2) is 15.3. The van der Waals surface area contributed by atoms with Gasteiger partial charge in [0.15, 0.2) is 0 Å². The van der Waals surface area contributed by atoms with Crippen molar-refractivity contribution in [3.63, 3.8) is 0 Å². The van der Waals surface area contributed by atoms with Gasteiger partial charge in [0.1, 0.15) is 24.6 Å². The second-order valence-corrected chi connectivity index (χ2v) is 9.92. The number of carboxylic acids is 1. The topological polar surface area (TPSA) is 126 Å². The maximum absolute atomic E-state index is 13.4. The maximum Gasteiger partial charge on any atom is 0.326 e. The Labute approximate surface area is 228 Å². The van der Waals surface area contributed by atoms with Crippen LogP contribution >= 0.6 is 0 Å². The minimum absolute atomic E-state index is 0.123. The van der Waals surface area contributed by atoms with Gasteiger partial charge in [0, 0.05) is 44.7 Å². The number of rotatable bonds is 16. The smallest absolute Gasteiger partial charge is 0.326 e. The first-order chi connectivity index (χ1) is 18.8. The fourth-order valence-electron chi connectivity index (χ4n) is 4.67. The van der Waals surface area contributed by atoms with Crippen LogP contribution in [0.1, 0.15) is 49.9 Å². The van der Waals surface area contributed by atoms with Gasteiger partial charge >= 0.3 is 5.97 Å². The largest absolute Gasteiger partial charge is 0.480 e. The number of nitrogens with one attached hydrogen (secondary N) is 2. The molecule has 0 saturated carbocycles. The molecule has 1 aliphatic rings. The van der Waals surface area contributed by atoms with Crippen molar-refractivity contribution in [2.45, 2.75) is 63.6 Å². The first-order valence-corrected chi connectivity index (χ1v) is 13.6. The lowest BCUT2D eigenvalue weighted by Gasteiger charge is -2.27. The zero-order valence-corrected chi connectivity index (χ0v) is 22.8. The van der Waals surface area contributed by atoms with Crippen LogP contribution in [0.5, 0.6) is 0 Å². The number of methoxy groups -OCH3 is 1. The van der Waals surface area contributed by atoms with Crippen molar-refractivity contribution in [1.29, 1.82) is 0 Å². The number of nitrogens with zero attached hydrogens (tertiary/aromatic N) is 3. The summed E-state index contributed by atoms with van der Waals surface area (Å²) in [6, 6.07) is 6.73. The summed E-state index contributed by atoms with van der Waals surface area (Å²) in [7, 11) is 1.45. The number of carboxylic acid groups (broad SMARTS) is 1. The molecule has 2 aromatic heterocycles. The average molecular weight is 546 g/mol. The second-order valence-electron chi connectivity index (χ2n) is 9.92. The van der Waals surface area contributed by atoms with Crippen LogP contribution in [-0.4, -0.2) is 83.5 Å². The molecule has 2 aromatic rings. The maximum atomic E-state index is 13.4. The molecule has 0 bridgehead atoms. The summed E-state index contributed by atoms with van der Waals surface area (Å²) in [5, 5.41) is 15.6. The van der Waals surface area contributed by atoms with Gasteiger partial charge in [-0.25, -0.2) is 14.2 Å². The molecule has 214 valence electrons. The van der Waals surface area contributed by atoms with Gasteiger partial charge in [0.25, 0.3) is 5.56 Å². The molecule has 0 aliphatic carbocycles. The van der Waals surface area contributed by atoms with E-state index in [1.165, 1.54) is 29.5 Å². The van der Waals surface area contributed by atoms with Crippen molar-refractivity contribution in [2.24, 2.45) is 0 Å². The van der Waals surface area contributed by atoms with Crippen molar-refractivity contribution in [2.75, 3.05) is 45.3 Å². The number of pyridine rings is 2. The first-order valence-electron chi connectivity index (χ1n) is 13.6. The molecule has 3 rings (SSSR count). The monoisotopic (exact) mass is 545 g/mol. The Morgan fingerprint density at radius 1 is 1.26 bits per heavy atom. The molecule has 1 amide bonds. The van der Waals surface area contributed by atoms with E-state index in [2.05, 4.69) is 22.8 Å². The molecule has 11 heteroatoms. The zero-order chi connectivity index (χ0) is 28.2. The highest BCUT2D eigenvalue weighted by Crippen LogP contribution is 2.20. The number of fused-ring (bicyclic) bond motifs is 1. The number of aryl methyl sites for hydroxylation is 2. The van der Waals surface area contributed by atoms with E-state index in [0.29, 0.717) is 19.6 Å². The molecular weight excluding hydrogens is 505 g/mol. The molecule has 3 atom stereocenters. The summed E-state index contributed by atoms with van der Waals surface area (Å²) >= 11 is 0. The highest BCUT2D eigenvalue weighted by atomic mass is 19.1. The molecule has 3 N–H and O–H groups in total. The van der Waals surface area contributed by atoms with Crippen LogP contribution in [0.4, 0.5) is 10.2 Å². The Kier molecular flexibility index (Phi) is 11.9. The molecule has 39 heavy (non-hydrogen) atoms. The number of alkyl halides is 1. The van der Waals surface area contributed by atoms with E-state index >= 15 is 0 Å². The van der Waals surface area contributed by atoms with Gasteiger partial charge in [0.05, 0.1) is 6.10 Å². The van der Waals surface area contributed by atoms with E-state index in [4.69, 9.17) is 9.72 Å². The minimum atomic E-state index is -1.17. The van der Waals surface area contributed by atoms with Gasteiger partial charge in [-0.05, 0) is 69.7 Å². The molecular formula is C28H40FN5O5. The summed E-state index contributed by atoms with van der Waals surface area (Å²) in [4.78, 5) is 43.4. The van der Waals surface area contributed by atoms with Crippen LogP contribution in [0, 0.1) is 0 Å². The number of unbranched alkanes of at least 4 members (excludes halogenated alkanes) is 1. The number of carbonyl (C=O) groups is 2. The molecule has 10 nitrogen and oxygen atoms in total. The quantitative estimate of drug-likeness (QED) is 0.275. The molecule has 0 aromatic carbocycles. The van der Waals surface area contributed by atoms with Gasteiger partial charge in [-0.3, -0.25) is 9.59 Å². The van der Waals surface area contributed by atoms with Crippen LogP contribution in [-0.2, 0) is 27.2 Å². The van der Waals surface area contributed by atoms with Crippen molar-refractivity contribution < 1.29 is 23.8 Å². The summed E-state index contributed by atoms with van der Waals surface area (Å²) in [6.45, 7) is 3.09. The Hall–Kier alpha value is -3.31. The molecule has 3 heterocycles. The molecule has 0 spiro atoms. The van der Waals surface area contributed by atoms with Crippen LogP contribution in [0.25, 0.3) is 0 Å². The number of anilines is 1. The van der Waals surface area contributed by atoms with Crippen LogP contribution in [0.2, 0.25) is 0 Å². The Balaban J connectivity index is 1.54. The normalized spacial score (nSPS) is 15.2. The van der Waals surface area contributed by atoms with E-state index in [9.17, 15) is 23.9 Å². The van der Waals surface area contributed by atoms with Crippen LogP contribution in [0.15, 0.2) is 41.3 Å². The molecule has 0 fully saturated rings. The van der Waals surface area contributed by atoms with Gasteiger partial charge in [-0.1, -0.05) is 12.1 Å². The van der Waals surface area contributed by atoms with E-state index < -0.39 is 36.7 Å². The highest BCUT2D eigenvalue weighted by Gasteiger charge is 2.25. The zero-order valence-electron chi connectivity index (χ0n) is 22.8. The SMILES string of the molecule is CO[C@H](CF)CN(CCCCc1ccc2c(n1)NCCC2)CC[C@H](NC(=O)C(C)n1ccccc1=O)C(=O)O. The lowest BCUT2D eigenvalue weighted by molar-refractivity contribution is -0.142. The van der Waals surface area contributed by atoms with Crippen molar-refractivity contribution >= 4 is 17.7 Å². The standard InChI is InChI=1S/C28H40FN5O5/c1-20(34-16-6-4-10-25(34)35)27(36)32-24(28(37)38)13-17-33(19-23(18-29)39-2)15-5-3-9-22-12-11-21-8-7-14-30-26(21)31-22/h4,6,10-12,16,20,23-24H,3,5,7-9,13-15,17-19H2,1-2H3,(H,30,31)(H,32,36)(H,37,38)/t20?,23-,24+/m1/s1. The lowest BCUT2D eigenvalue weighted by Crippen LogP contribution is -2.47. The Bertz CT molecular complexity index is 1140. The number of halogens is 1. The summed E-state index contributed by atoms with van der Waals surface area (Å²) in [6.07, 6.45) is 5.64. The fraction of sp³-hybridized carbons (Fsp3) is 0.571. The van der Waals surface area contributed by atoms with Crippen LogP contribution < -0.4 is 16.2 Å². The number of ether oxygens (including phenoxy) is 1. The molecule has 0 radical (unpaired) electrons. The van der Waals surface area contributed by atoms with Gasteiger partial charge in [-0.2, -0.15) is 0 Å². The number of hydrogen-bond donors (Lipinski definition) is 3. The van der Waals surface area contributed by atoms with E-state index in [1.807, 2.05) is 4.90 Å². The van der Waals surface area contributed by atoms with Gasteiger partial charge in [-0.15, -0.1) is 0 Å². The highest BCUT2D eigenvalue weighted by molar-refractivity contribution is 5.85. The molecule has 0 saturated heterocycles. The third-order valence-corrected chi connectivity index (χ3v) is 7.07. The predicted molar refractivity (Wildman–Crippen MR) is 147 cm³/mol. The van der Waals surface area contributed by atoms with E-state index in [1.54, 1.807) is 19.1 Å². The molecule has 1 aliphatic heterocycles. The fourth-order valence-corrected chi connectivity index (χ4v) is 4.67. The van der Waals surface area contributed by atoms with E-state index in [-0.39, 0.29) is 12.0 Å². The minimum Gasteiger partial charge on any atom is -0.480 e. The third-order valence-electron chi connectivity index (χ3n) is 7.07. The molecule has 1 unspecified atom stereocenters. The number of hydrogen-bond acceptors (Lipinski definition) is 7. The number of amides is 1. The van der Waals surface area contributed by atoms with Crippen molar-refractivity contribution in [1.82, 2.24) is 19.8 Å². The summed E-state index contributed by atoms with van der Waals surface area (Å²) < 4.78 is 19.9. The van der Waals surface area contributed by atoms with Gasteiger partial charge in [0.2, 0.25) is 5.91 Å². The predicted octanol–water partition coefficient (Wildman–Crippen LogP) is 2.43. The number of aromatic nitrogens is 2. The number of aliphatic carboxylic acids is 1. The Morgan fingerprint density at radius 2 is 2.08 bits per heavy atom.